The molecule has 0 fully saturated rings. The molecule has 0 saturated heterocycles. The molecular weight excluding hydrogens is 419 g/mol. The first-order chi connectivity index (χ1) is 15.4. The number of benzene rings is 1. The maximum absolute atomic E-state index is 14.5. The molecule has 0 aliphatic heterocycles. The number of rotatable bonds is 7. The minimum Gasteiger partial charge on any atom is -0.384 e. The smallest absolute Gasteiger partial charge is 0.278 e. The molecule has 32 heavy (non-hydrogen) atoms. The van der Waals surface area contributed by atoms with Crippen LogP contribution in [0.3, 0.4) is 0 Å². The Morgan fingerprint density at radius 3 is 2.66 bits per heavy atom. The predicted octanol–water partition coefficient (Wildman–Crippen LogP) is 2.67. The molecule has 2 unspecified atom stereocenters. The highest BCUT2D eigenvalue weighted by molar-refractivity contribution is 5.87. The molecule has 0 radical (unpaired) electrons. The Labute approximate surface area is 181 Å². The maximum Gasteiger partial charge on any atom is 0.278 e. The fourth-order valence-electron chi connectivity index (χ4n) is 3.80. The Hall–Kier alpha value is -3.62. The Bertz CT molecular complexity index is 1400. The Balaban J connectivity index is 2.05. The summed E-state index contributed by atoms with van der Waals surface area (Å²) in [5.74, 6) is -0.357. The van der Waals surface area contributed by atoms with Crippen LogP contribution in [0, 0.1) is 17.1 Å². The summed E-state index contributed by atoms with van der Waals surface area (Å²) in [4.78, 5) is 22.4. The van der Waals surface area contributed by atoms with E-state index >= 15 is 0 Å². The predicted molar refractivity (Wildman–Crippen MR) is 112 cm³/mol. The first kappa shape index (κ1) is 21.6. The molecule has 10 nitrogen and oxygen atoms in total. The molecule has 0 amide bonds. The molecule has 0 saturated carbocycles. The van der Waals surface area contributed by atoms with Gasteiger partial charge < -0.3 is 14.0 Å². The van der Waals surface area contributed by atoms with Crippen molar-refractivity contribution in [1.82, 2.24) is 24.1 Å². The second-order valence-corrected chi connectivity index (χ2v) is 7.51. The van der Waals surface area contributed by atoms with E-state index in [-0.39, 0.29) is 40.6 Å². The fourth-order valence-corrected chi connectivity index (χ4v) is 3.80. The van der Waals surface area contributed by atoms with Gasteiger partial charge in [-0.3, -0.25) is 13.8 Å². The van der Waals surface area contributed by atoms with E-state index in [0.717, 1.165) is 0 Å². The van der Waals surface area contributed by atoms with Gasteiger partial charge >= 0.3 is 0 Å². The van der Waals surface area contributed by atoms with Gasteiger partial charge in [-0.2, -0.15) is 10.2 Å². The van der Waals surface area contributed by atoms with Gasteiger partial charge in [0, 0.05) is 14.2 Å². The van der Waals surface area contributed by atoms with Crippen LogP contribution in [-0.2, 0) is 9.47 Å². The average molecular weight is 440 g/mol. The van der Waals surface area contributed by atoms with Crippen LogP contribution in [0.5, 0.6) is 0 Å². The van der Waals surface area contributed by atoms with E-state index < -0.39 is 17.4 Å². The number of fused-ring (bicyclic) bond motifs is 3. The third-order valence-corrected chi connectivity index (χ3v) is 5.25. The minimum absolute atomic E-state index is 0.143. The number of nitrogens with zero attached hydrogens (tertiary/aromatic N) is 6. The van der Waals surface area contributed by atoms with E-state index in [0.29, 0.717) is 18.0 Å². The van der Waals surface area contributed by atoms with Crippen LogP contribution in [-0.4, -0.2) is 51.5 Å². The van der Waals surface area contributed by atoms with E-state index in [9.17, 15) is 14.4 Å². The van der Waals surface area contributed by atoms with Gasteiger partial charge in [0.1, 0.15) is 35.0 Å². The number of halogens is 1. The molecule has 3 heterocycles. The van der Waals surface area contributed by atoms with Gasteiger partial charge in [0.15, 0.2) is 0 Å². The van der Waals surface area contributed by atoms with Crippen molar-refractivity contribution in [2.45, 2.75) is 25.8 Å². The van der Waals surface area contributed by atoms with Crippen LogP contribution in [0.2, 0.25) is 0 Å². The van der Waals surface area contributed by atoms with Gasteiger partial charge in [-0.05, 0) is 19.1 Å². The number of imidazole rings is 1. The Morgan fingerprint density at radius 1 is 1.22 bits per heavy atom. The summed E-state index contributed by atoms with van der Waals surface area (Å²) in [5, 5.41) is 13.6. The Kier molecular flexibility index (Phi) is 5.73. The number of aromatic nitrogens is 5. The van der Waals surface area contributed by atoms with Crippen LogP contribution in [0.4, 0.5) is 4.39 Å². The van der Waals surface area contributed by atoms with E-state index in [1.54, 1.807) is 14.0 Å². The molecule has 0 aliphatic carbocycles. The molecule has 0 spiro atoms. The van der Waals surface area contributed by atoms with Crippen molar-refractivity contribution < 1.29 is 18.4 Å². The molecular formula is C21H21FN6O4. The van der Waals surface area contributed by atoms with Crippen molar-refractivity contribution in [1.29, 1.82) is 5.26 Å². The van der Waals surface area contributed by atoms with Gasteiger partial charge in [-0.1, -0.05) is 12.1 Å². The minimum atomic E-state index is -0.715. The highest BCUT2D eigenvalue weighted by atomic mass is 19.1. The lowest BCUT2D eigenvalue weighted by Gasteiger charge is -2.19. The normalized spacial score (nSPS) is 13.5. The summed E-state index contributed by atoms with van der Waals surface area (Å²) in [6, 6.07) is 4.08. The second kappa shape index (κ2) is 8.49. The van der Waals surface area contributed by atoms with Crippen molar-refractivity contribution in [3.8, 4) is 17.6 Å². The van der Waals surface area contributed by atoms with Gasteiger partial charge in [0.05, 0.1) is 36.2 Å². The van der Waals surface area contributed by atoms with Crippen molar-refractivity contribution in [3.63, 3.8) is 0 Å². The summed E-state index contributed by atoms with van der Waals surface area (Å²) in [6.45, 7) is 4.19. The maximum atomic E-state index is 14.5. The van der Waals surface area contributed by atoms with E-state index in [1.807, 2.05) is 13.0 Å². The zero-order chi connectivity index (χ0) is 23.0. The highest BCUT2D eigenvalue weighted by Crippen LogP contribution is 2.28. The lowest BCUT2D eigenvalue weighted by atomic mass is 10.1. The number of ether oxygens (including phenoxy) is 2. The van der Waals surface area contributed by atoms with Gasteiger partial charge in [0.25, 0.3) is 5.56 Å². The van der Waals surface area contributed by atoms with Crippen LogP contribution in [0.25, 0.3) is 28.1 Å². The zero-order valence-corrected chi connectivity index (χ0v) is 18.0. The summed E-state index contributed by atoms with van der Waals surface area (Å²) < 4.78 is 33.0. The molecule has 0 aliphatic rings. The lowest BCUT2D eigenvalue weighted by Crippen LogP contribution is -2.28. The van der Waals surface area contributed by atoms with Crippen LogP contribution < -0.4 is 5.56 Å². The molecule has 0 N–H and O–H groups in total. The van der Waals surface area contributed by atoms with E-state index in [4.69, 9.17) is 14.0 Å². The van der Waals surface area contributed by atoms with Crippen molar-refractivity contribution in [2.75, 3.05) is 27.4 Å². The zero-order valence-electron chi connectivity index (χ0n) is 18.0. The molecule has 3 aromatic heterocycles. The van der Waals surface area contributed by atoms with Crippen molar-refractivity contribution >= 4 is 16.6 Å². The third kappa shape index (κ3) is 3.34. The molecule has 1 aromatic carbocycles. The molecule has 4 aromatic rings. The summed E-state index contributed by atoms with van der Waals surface area (Å²) >= 11 is 0. The summed E-state index contributed by atoms with van der Waals surface area (Å²) in [7, 11) is 3.07. The quantitative estimate of drug-likeness (QED) is 0.430. The highest BCUT2D eigenvalue weighted by Gasteiger charge is 2.25. The number of hydrogen-bond acceptors (Lipinski definition) is 8. The monoisotopic (exact) mass is 440 g/mol. The first-order valence-electron chi connectivity index (χ1n) is 9.88. The largest absolute Gasteiger partial charge is 0.384 e. The standard InChI is InChI=1S/C21H21FN6O4/c1-11(8-30-3)20-25-19(26-32-20)16-18-21(29)28(12(2)9-31-4)17-13(7-23)14(22)5-6-15(17)27(18)10-24-16/h5-6,10-12H,8-9H2,1-4H3. The molecule has 166 valence electrons. The third-order valence-electron chi connectivity index (χ3n) is 5.25. The molecule has 4 rings (SSSR count). The van der Waals surface area contributed by atoms with Crippen LogP contribution >= 0.6 is 0 Å². The Morgan fingerprint density at radius 2 is 1.97 bits per heavy atom. The van der Waals surface area contributed by atoms with Gasteiger partial charge in [0.2, 0.25) is 11.7 Å². The average Bonchev–Trinajstić information content (AvgIpc) is 3.42. The van der Waals surface area contributed by atoms with Crippen molar-refractivity contribution in [3.05, 3.63) is 46.1 Å². The summed E-state index contributed by atoms with van der Waals surface area (Å²) in [5.41, 5.74) is 0.306. The topological polar surface area (TPSA) is 120 Å². The van der Waals surface area contributed by atoms with E-state index in [1.165, 1.54) is 34.5 Å². The molecule has 11 heteroatoms. The van der Waals surface area contributed by atoms with Crippen LogP contribution in [0.15, 0.2) is 27.8 Å². The SMILES string of the molecule is COCC(C)c1nc(-c2ncn3c2c(=O)n(C(C)COC)c2c(C#N)c(F)ccc23)no1. The second-order valence-electron chi connectivity index (χ2n) is 7.51. The fraction of sp³-hybridized carbons (Fsp3) is 0.381. The van der Waals surface area contributed by atoms with E-state index in [2.05, 4.69) is 15.1 Å². The molecule has 0 bridgehead atoms. The first-order valence-corrected chi connectivity index (χ1v) is 9.88. The van der Waals surface area contributed by atoms with Crippen molar-refractivity contribution in [2.24, 2.45) is 0 Å². The molecule has 2 atom stereocenters. The lowest BCUT2D eigenvalue weighted by molar-refractivity contribution is 0.162. The number of methoxy groups -OCH3 is 2. The van der Waals surface area contributed by atoms with Crippen LogP contribution in [0.1, 0.15) is 37.3 Å². The summed E-state index contributed by atoms with van der Waals surface area (Å²) in [6.07, 6.45) is 1.42. The van der Waals surface area contributed by atoms with Gasteiger partial charge in [-0.15, -0.1) is 0 Å². The number of nitriles is 1. The number of hydrogen-bond donors (Lipinski definition) is 0. The van der Waals surface area contributed by atoms with Gasteiger partial charge in [-0.25, -0.2) is 9.37 Å².